The summed E-state index contributed by atoms with van der Waals surface area (Å²) in [4.78, 5) is 0. The highest BCUT2D eigenvalue weighted by atomic mass is 127. The normalized spacial score (nSPS) is 10.6. The van der Waals surface area contributed by atoms with Crippen molar-refractivity contribution in [3.63, 3.8) is 0 Å². The van der Waals surface area contributed by atoms with Gasteiger partial charge in [0.2, 0.25) is 0 Å². The van der Waals surface area contributed by atoms with Crippen molar-refractivity contribution in [1.29, 1.82) is 0 Å². The maximum atomic E-state index is 5.42. The second-order valence-corrected chi connectivity index (χ2v) is 4.13. The quantitative estimate of drug-likeness (QED) is 0.594. The standard InChI is InChI=1S/C9H15IN2O/c1-2-3-5-13-6-4-12-8-9(10)7-11-12/h7-8H,2-6H2,1H3. The van der Waals surface area contributed by atoms with Gasteiger partial charge in [0.1, 0.15) is 0 Å². The van der Waals surface area contributed by atoms with E-state index < -0.39 is 0 Å². The highest BCUT2D eigenvalue weighted by Gasteiger charge is 1.94. The van der Waals surface area contributed by atoms with Crippen LogP contribution in [-0.4, -0.2) is 23.0 Å². The van der Waals surface area contributed by atoms with E-state index in [1.165, 1.54) is 9.99 Å². The maximum Gasteiger partial charge on any atom is 0.0662 e. The Hall–Kier alpha value is -0.100. The molecule has 0 saturated heterocycles. The van der Waals surface area contributed by atoms with Crippen LogP contribution >= 0.6 is 22.6 Å². The summed E-state index contributed by atoms with van der Waals surface area (Å²) in [6, 6.07) is 0. The predicted molar refractivity (Wildman–Crippen MR) is 60.7 cm³/mol. The molecular weight excluding hydrogens is 279 g/mol. The van der Waals surface area contributed by atoms with Gasteiger partial charge >= 0.3 is 0 Å². The number of halogens is 1. The van der Waals surface area contributed by atoms with Crippen molar-refractivity contribution < 1.29 is 4.74 Å². The molecule has 0 unspecified atom stereocenters. The number of aromatic nitrogens is 2. The topological polar surface area (TPSA) is 27.1 Å². The minimum absolute atomic E-state index is 0.762. The maximum absolute atomic E-state index is 5.42. The van der Waals surface area contributed by atoms with E-state index in [4.69, 9.17) is 4.74 Å². The summed E-state index contributed by atoms with van der Waals surface area (Å²) in [5, 5.41) is 4.16. The molecule has 0 spiro atoms. The van der Waals surface area contributed by atoms with Crippen LogP contribution in [0.5, 0.6) is 0 Å². The fraction of sp³-hybridized carbons (Fsp3) is 0.667. The van der Waals surface area contributed by atoms with Crippen molar-refractivity contribution in [3.05, 3.63) is 16.0 Å². The second-order valence-electron chi connectivity index (χ2n) is 2.89. The van der Waals surface area contributed by atoms with Crippen LogP contribution < -0.4 is 0 Å². The molecule has 0 aliphatic rings. The molecule has 0 bridgehead atoms. The van der Waals surface area contributed by atoms with Crippen molar-refractivity contribution in [2.24, 2.45) is 0 Å². The van der Waals surface area contributed by atoms with E-state index in [0.29, 0.717) is 0 Å². The smallest absolute Gasteiger partial charge is 0.0662 e. The first-order chi connectivity index (χ1) is 6.33. The third-order valence-corrected chi connectivity index (χ3v) is 2.27. The predicted octanol–water partition coefficient (Wildman–Crippen LogP) is 2.30. The summed E-state index contributed by atoms with van der Waals surface area (Å²) in [5.41, 5.74) is 0. The lowest BCUT2D eigenvalue weighted by Crippen LogP contribution is -2.06. The zero-order chi connectivity index (χ0) is 9.52. The molecule has 1 aromatic rings. The van der Waals surface area contributed by atoms with Gasteiger partial charge in [0.05, 0.1) is 22.9 Å². The molecule has 0 atom stereocenters. The largest absolute Gasteiger partial charge is 0.380 e. The fourth-order valence-electron chi connectivity index (χ4n) is 0.967. The Bertz CT molecular complexity index is 237. The SMILES string of the molecule is CCCCOCCn1cc(I)cn1. The monoisotopic (exact) mass is 294 g/mol. The number of unbranched alkanes of at least 4 members (excludes halogenated alkanes) is 1. The van der Waals surface area contributed by atoms with Crippen molar-refractivity contribution >= 4 is 22.6 Å². The highest BCUT2D eigenvalue weighted by Crippen LogP contribution is 2.00. The summed E-state index contributed by atoms with van der Waals surface area (Å²) >= 11 is 2.25. The summed E-state index contributed by atoms with van der Waals surface area (Å²) in [5.74, 6) is 0. The van der Waals surface area contributed by atoms with Crippen molar-refractivity contribution in [1.82, 2.24) is 9.78 Å². The first-order valence-electron chi connectivity index (χ1n) is 4.58. The molecule has 3 nitrogen and oxygen atoms in total. The second kappa shape index (κ2) is 6.37. The first-order valence-corrected chi connectivity index (χ1v) is 5.66. The van der Waals surface area contributed by atoms with Crippen LogP contribution in [0.2, 0.25) is 0 Å². The lowest BCUT2D eigenvalue weighted by Gasteiger charge is -2.02. The third-order valence-electron chi connectivity index (χ3n) is 1.71. The molecule has 0 aliphatic carbocycles. The van der Waals surface area contributed by atoms with Crippen LogP contribution in [0, 0.1) is 3.57 Å². The van der Waals surface area contributed by atoms with E-state index in [9.17, 15) is 0 Å². The Labute approximate surface area is 92.6 Å². The molecule has 1 rings (SSSR count). The van der Waals surface area contributed by atoms with Crippen molar-refractivity contribution in [2.75, 3.05) is 13.2 Å². The summed E-state index contributed by atoms with van der Waals surface area (Å²) in [7, 11) is 0. The Kier molecular flexibility index (Phi) is 5.38. The molecule has 1 heterocycles. The average molecular weight is 294 g/mol. The molecule has 74 valence electrons. The Morgan fingerprint density at radius 2 is 2.38 bits per heavy atom. The molecular formula is C9H15IN2O. The summed E-state index contributed by atoms with van der Waals surface area (Å²) in [6.07, 6.45) is 6.21. The molecule has 0 aliphatic heterocycles. The van der Waals surface area contributed by atoms with Gasteiger partial charge in [-0.3, -0.25) is 4.68 Å². The van der Waals surface area contributed by atoms with Gasteiger partial charge in [-0.2, -0.15) is 5.10 Å². The van der Waals surface area contributed by atoms with Gasteiger partial charge in [-0.1, -0.05) is 13.3 Å². The summed E-state index contributed by atoms with van der Waals surface area (Å²) in [6.45, 7) is 4.65. The van der Waals surface area contributed by atoms with Crippen LogP contribution in [0.15, 0.2) is 12.4 Å². The minimum Gasteiger partial charge on any atom is -0.380 e. The average Bonchev–Trinajstić information content (AvgIpc) is 2.51. The van der Waals surface area contributed by atoms with Gasteiger partial charge in [0.25, 0.3) is 0 Å². The van der Waals surface area contributed by atoms with Gasteiger partial charge in [0.15, 0.2) is 0 Å². The lowest BCUT2D eigenvalue weighted by atomic mass is 10.4. The zero-order valence-electron chi connectivity index (χ0n) is 7.87. The van der Waals surface area contributed by atoms with Gasteiger partial charge in [-0.25, -0.2) is 0 Å². The van der Waals surface area contributed by atoms with E-state index in [-0.39, 0.29) is 0 Å². The van der Waals surface area contributed by atoms with Crippen LogP contribution in [0.1, 0.15) is 19.8 Å². The van der Waals surface area contributed by atoms with E-state index in [2.05, 4.69) is 34.6 Å². The Morgan fingerprint density at radius 1 is 1.54 bits per heavy atom. The van der Waals surface area contributed by atoms with Gasteiger partial charge < -0.3 is 4.74 Å². The van der Waals surface area contributed by atoms with Crippen molar-refractivity contribution in [3.8, 4) is 0 Å². The minimum atomic E-state index is 0.762. The van der Waals surface area contributed by atoms with Gasteiger partial charge in [-0.15, -0.1) is 0 Å². The highest BCUT2D eigenvalue weighted by molar-refractivity contribution is 14.1. The molecule has 0 amide bonds. The number of hydrogen-bond acceptors (Lipinski definition) is 2. The van der Waals surface area contributed by atoms with Crippen LogP contribution in [0.3, 0.4) is 0 Å². The molecule has 0 aromatic carbocycles. The molecule has 0 fully saturated rings. The first kappa shape index (κ1) is 11.0. The van der Waals surface area contributed by atoms with Crippen LogP contribution in [-0.2, 0) is 11.3 Å². The van der Waals surface area contributed by atoms with E-state index in [1.807, 2.05) is 17.1 Å². The molecule has 4 heteroatoms. The lowest BCUT2D eigenvalue weighted by molar-refractivity contribution is 0.121. The van der Waals surface area contributed by atoms with Gasteiger partial charge in [0, 0.05) is 12.8 Å². The van der Waals surface area contributed by atoms with E-state index in [0.717, 1.165) is 26.2 Å². The van der Waals surface area contributed by atoms with E-state index >= 15 is 0 Å². The summed E-state index contributed by atoms with van der Waals surface area (Å²) < 4.78 is 8.51. The molecule has 1 aromatic heterocycles. The van der Waals surface area contributed by atoms with E-state index in [1.54, 1.807) is 0 Å². The fourth-order valence-corrected chi connectivity index (χ4v) is 1.41. The third kappa shape index (κ3) is 4.61. The molecule has 0 radical (unpaired) electrons. The molecule has 0 N–H and O–H groups in total. The van der Waals surface area contributed by atoms with Crippen molar-refractivity contribution in [2.45, 2.75) is 26.3 Å². The Balaban J connectivity index is 2.06. The Morgan fingerprint density at radius 3 is 3.00 bits per heavy atom. The number of rotatable bonds is 6. The van der Waals surface area contributed by atoms with Crippen LogP contribution in [0.4, 0.5) is 0 Å². The number of ether oxygens (including phenoxy) is 1. The number of hydrogen-bond donors (Lipinski definition) is 0. The molecule has 13 heavy (non-hydrogen) atoms. The van der Waals surface area contributed by atoms with Crippen LogP contribution in [0.25, 0.3) is 0 Å². The van der Waals surface area contributed by atoms with Gasteiger partial charge in [-0.05, 0) is 29.0 Å². The number of nitrogens with zero attached hydrogens (tertiary/aromatic N) is 2. The molecule has 0 saturated carbocycles. The zero-order valence-corrected chi connectivity index (χ0v) is 10.0.